The SMILES string of the molecule is CCN1CCN(C(CNC(=O)c2cccc(C)c2)c2ccc(OC)cc2)CC1. The molecule has 150 valence electrons. The lowest BCUT2D eigenvalue weighted by Gasteiger charge is -2.39. The summed E-state index contributed by atoms with van der Waals surface area (Å²) in [4.78, 5) is 17.6. The summed E-state index contributed by atoms with van der Waals surface area (Å²) in [5.74, 6) is 0.830. The van der Waals surface area contributed by atoms with E-state index in [0.717, 1.165) is 44.0 Å². The second-order valence-corrected chi connectivity index (χ2v) is 7.34. The Morgan fingerprint density at radius 3 is 2.43 bits per heavy atom. The standard InChI is InChI=1S/C23H31N3O2/c1-4-25-12-14-26(15-13-25)22(19-8-10-21(28-3)11-9-19)17-24-23(27)20-7-5-6-18(2)16-20/h5-11,16,22H,4,12-15,17H2,1-3H3,(H,24,27). The number of amides is 1. The summed E-state index contributed by atoms with van der Waals surface area (Å²) >= 11 is 0. The highest BCUT2D eigenvalue weighted by Crippen LogP contribution is 2.24. The van der Waals surface area contributed by atoms with Crippen LogP contribution in [0.2, 0.25) is 0 Å². The molecule has 1 saturated heterocycles. The normalized spacial score (nSPS) is 16.5. The van der Waals surface area contributed by atoms with E-state index in [1.165, 1.54) is 5.56 Å². The van der Waals surface area contributed by atoms with Crippen molar-refractivity contribution in [3.05, 3.63) is 65.2 Å². The van der Waals surface area contributed by atoms with Crippen LogP contribution in [-0.2, 0) is 0 Å². The van der Waals surface area contributed by atoms with E-state index < -0.39 is 0 Å². The molecular formula is C23H31N3O2. The predicted molar refractivity (Wildman–Crippen MR) is 113 cm³/mol. The fourth-order valence-electron chi connectivity index (χ4n) is 3.75. The molecule has 0 radical (unpaired) electrons. The molecule has 1 heterocycles. The Labute approximate surface area is 168 Å². The molecule has 5 heteroatoms. The van der Waals surface area contributed by atoms with Gasteiger partial charge in [0.05, 0.1) is 13.2 Å². The van der Waals surface area contributed by atoms with Gasteiger partial charge in [0.25, 0.3) is 5.91 Å². The molecule has 28 heavy (non-hydrogen) atoms. The summed E-state index contributed by atoms with van der Waals surface area (Å²) in [7, 11) is 1.68. The summed E-state index contributed by atoms with van der Waals surface area (Å²) in [6, 6.07) is 16.1. The van der Waals surface area contributed by atoms with Crippen molar-refractivity contribution >= 4 is 5.91 Å². The monoisotopic (exact) mass is 381 g/mol. The van der Waals surface area contributed by atoms with Crippen molar-refractivity contribution in [1.82, 2.24) is 15.1 Å². The van der Waals surface area contributed by atoms with Crippen molar-refractivity contribution in [3.63, 3.8) is 0 Å². The average molecular weight is 382 g/mol. The van der Waals surface area contributed by atoms with E-state index in [0.29, 0.717) is 12.1 Å². The first kappa shape index (κ1) is 20.4. The van der Waals surface area contributed by atoms with Gasteiger partial charge in [-0.3, -0.25) is 9.69 Å². The maximum atomic E-state index is 12.7. The van der Waals surface area contributed by atoms with Crippen LogP contribution in [0.4, 0.5) is 0 Å². The minimum atomic E-state index is -0.0191. The number of hydrogen-bond acceptors (Lipinski definition) is 4. The highest BCUT2D eigenvalue weighted by Gasteiger charge is 2.25. The Morgan fingerprint density at radius 1 is 1.11 bits per heavy atom. The number of hydrogen-bond donors (Lipinski definition) is 1. The van der Waals surface area contributed by atoms with Crippen molar-refractivity contribution < 1.29 is 9.53 Å². The van der Waals surface area contributed by atoms with Crippen molar-refractivity contribution in [2.24, 2.45) is 0 Å². The molecule has 0 spiro atoms. The molecule has 1 atom stereocenters. The van der Waals surface area contributed by atoms with Gasteiger partial charge in [-0.15, -0.1) is 0 Å². The molecule has 2 aromatic carbocycles. The number of likely N-dealkylation sites (N-methyl/N-ethyl adjacent to an activating group) is 1. The molecule has 0 aromatic heterocycles. The molecule has 1 fully saturated rings. The van der Waals surface area contributed by atoms with Crippen LogP contribution < -0.4 is 10.1 Å². The Kier molecular flexibility index (Phi) is 7.06. The van der Waals surface area contributed by atoms with Crippen LogP contribution in [0, 0.1) is 6.92 Å². The van der Waals surface area contributed by atoms with Crippen LogP contribution in [0.3, 0.4) is 0 Å². The number of nitrogens with zero attached hydrogens (tertiary/aromatic N) is 2. The molecular weight excluding hydrogens is 350 g/mol. The van der Waals surface area contributed by atoms with Gasteiger partial charge in [0, 0.05) is 38.3 Å². The first-order chi connectivity index (χ1) is 13.6. The van der Waals surface area contributed by atoms with Gasteiger partial charge in [-0.05, 0) is 43.3 Å². The van der Waals surface area contributed by atoms with E-state index in [1.54, 1.807) is 7.11 Å². The van der Waals surface area contributed by atoms with Gasteiger partial charge in [0.15, 0.2) is 0 Å². The molecule has 1 unspecified atom stereocenters. The van der Waals surface area contributed by atoms with E-state index >= 15 is 0 Å². The van der Waals surface area contributed by atoms with Gasteiger partial charge in [-0.25, -0.2) is 0 Å². The lowest BCUT2D eigenvalue weighted by molar-refractivity contribution is 0.0855. The van der Waals surface area contributed by atoms with Crippen LogP contribution in [0.15, 0.2) is 48.5 Å². The quantitative estimate of drug-likeness (QED) is 0.800. The Morgan fingerprint density at radius 2 is 1.82 bits per heavy atom. The molecule has 0 saturated carbocycles. The number of rotatable bonds is 7. The number of benzene rings is 2. The summed E-state index contributed by atoms with van der Waals surface area (Å²) in [6.07, 6.45) is 0. The molecule has 5 nitrogen and oxygen atoms in total. The molecule has 1 N–H and O–H groups in total. The van der Waals surface area contributed by atoms with E-state index in [2.05, 4.69) is 34.2 Å². The minimum absolute atomic E-state index is 0.0191. The number of carbonyl (C=O) groups is 1. The second-order valence-electron chi connectivity index (χ2n) is 7.34. The van der Waals surface area contributed by atoms with E-state index in [-0.39, 0.29) is 11.9 Å². The highest BCUT2D eigenvalue weighted by molar-refractivity contribution is 5.94. The van der Waals surface area contributed by atoms with Crippen molar-refractivity contribution in [3.8, 4) is 5.75 Å². The number of nitrogens with one attached hydrogen (secondary N) is 1. The van der Waals surface area contributed by atoms with Gasteiger partial charge >= 0.3 is 0 Å². The van der Waals surface area contributed by atoms with E-state index in [9.17, 15) is 4.79 Å². The van der Waals surface area contributed by atoms with Gasteiger partial charge < -0.3 is 15.0 Å². The average Bonchev–Trinajstić information content (AvgIpc) is 2.74. The molecule has 1 amide bonds. The summed E-state index contributed by atoms with van der Waals surface area (Å²) in [6.45, 7) is 10.0. The summed E-state index contributed by atoms with van der Waals surface area (Å²) in [5.41, 5.74) is 3.01. The Hall–Kier alpha value is -2.37. The Balaban J connectivity index is 1.72. The maximum Gasteiger partial charge on any atom is 0.251 e. The first-order valence-corrected chi connectivity index (χ1v) is 10.1. The van der Waals surface area contributed by atoms with Gasteiger partial charge in [-0.1, -0.05) is 36.8 Å². The maximum absolute atomic E-state index is 12.7. The molecule has 0 bridgehead atoms. The largest absolute Gasteiger partial charge is 0.497 e. The molecule has 1 aliphatic heterocycles. The lowest BCUT2D eigenvalue weighted by atomic mass is 10.0. The smallest absolute Gasteiger partial charge is 0.251 e. The zero-order valence-electron chi connectivity index (χ0n) is 17.1. The van der Waals surface area contributed by atoms with Crippen LogP contribution in [0.5, 0.6) is 5.75 Å². The number of carbonyl (C=O) groups excluding carboxylic acids is 1. The predicted octanol–water partition coefficient (Wildman–Crippen LogP) is 3.11. The lowest BCUT2D eigenvalue weighted by Crippen LogP contribution is -2.49. The zero-order chi connectivity index (χ0) is 19.9. The topological polar surface area (TPSA) is 44.8 Å². The third-order valence-electron chi connectivity index (χ3n) is 5.53. The second kappa shape index (κ2) is 9.71. The zero-order valence-corrected chi connectivity index (χ0v) is 17.1. The van der Waals surface area contributed by atoms with Crippen molar-refractivity contribution in [2.75, 3.05) is 46.4 Å². The number of ether oxygens (including phenoxy) is 1. The van der Waals surface area contributed by atoms with Crippen LogP contribution in [0.1, 0.15) is 34.5 Å². The van der Waals surface area contributed by atoms with E-state index in [4.69, 9.17) is 4.74 Å². The Bertz CT molecular complexity index is 768. The number of piperazine rings is 1. The molecule has 3 rings (SSSR count). The van der Waals surface area contributed by atoms with Crippen LogP contribution in [-0.4, -0.2) is 62.1 Å². The van der Waals surface area contributed by atoms with Crippen LogP contribution in [0.25, 0.3) is 0 Å². The number of aryl methyl sites for hydroxylation is 1. The fraction of sp³-hybridized carbons (Fsp3) is 0.435. The summed E-state index contributed by atoms with van der Waals surface area (Å²) < 4.78 is 5.30. The van der Waals surface area contributed by atoms with Crippen molar-refractivity contribution in [2.45, 2.75) is 19.9 Å². The third-order valence-corrected chi connectivity index (χ3v) is 5.53. The fourth-order valence-corrected chi connectivity index (χ4v) is 3.75. The van der Waals surface area contributed by atoms with Gasteiger partial charge in [0.1, 0.15) is 5.75 Å². The minimum Gasteiger partial charge on any atom is -0.497 e. The molecule has 2 aromatic rings. The molecule has 1 aliphatic rings. The van der Waals surface area contributed by atoms with Crippen molar-refractivity contribution in [1.29, 1.82) is 0 Å². The van der Waals surface area contributed by atoms with Crippen LogP contribution >= 0.6 is 0 Å². The van der Waals surface area contributed by atoms with E-state index in [1.807, 2.05) is 43.3 Å². The molecule has 0 aliphatic carbocycles. The number of methoxy groups -OCH3 is 1. The first-order valence-electron chi connectivity index (χ1n) is 10.1. The van der Waals surface area contributed by atoms with Gasteiger partial charge in [0.2, 0.25) is 0 Å². The third kappa shape index (κ3) is 5.12. The van der Waals surface area contributed by atoms with Gasteiger partial charge in [-0.2, -0.15) is 0 Å². The highest BCUT2D eigenvalue weighted by atomic mass is 16.5. The summed E-state index contributed by atoms with van der Waals surface area (Å²) in [5, 5.41) is 3.15.